The monoisotopic (exact) mass is 442 g/mol. The Morgan fingerprint density at radius 2 is 1.97 bits per heavy atom. The number of nitrogens with zero attached hydrogens (tertiary/aromatic N) is 3. The molecule has 1 aromatic heterocycles. The first-order valence-electron chi connectivity index (χ1n) is 9.87. The van der Waals surface area contributed by atoms with Gasteiger partial charge < -0.3 is 19.5 Å². The van der Waals surface area contributed by atoms with Crippen molar-refractivity contribution in [2.75, 3.05) is 20.8 Å². The Morgan fingerprint density at radius 3 is 2.71 bits per heavy atom. The van der Waals surface area contributed by atoms with E-state index in [1.54, 1.807) is 18.9 Å². The maximum absolute atomic E-state index is 12.6. The number of amides is 1. The van der Waals surface area contributed by atoms with E-state index in [2.05, 4.69) is 15.6 Å². The van der Waals surface area contributed by atoms with Crippen LogP contribution in [0.2, 0.25) is 5.02 Å². The van der Waals surface area contributed by atoms with Gasteiger partial charge in [-0.25, -0.2) is 4.68 Å². The highest BCUT2D eigenvalue weighted by molar-refractivity contribution is 6.30. The van der Waals surface area contributed by atoms with Crippen LogP contribution in [0.3, 0.4) is 0 Å². The topological polar surface area (TPSA) is 87.5 Å². The molecule has 3 aromatic rings. The summed E-state index contributed by atoms with van der Waals surface area (Å²) in [7, 11) is 3.19. The molecule has 1 aliphatic heterocycles. The van der Waals surface area contributed by atoms with Gasteiger partial charge in [-0.1, -0.05) is 35.0 Å². The lowest BCUT2D eigenvalue weighted by Gasteiger charge is -2.24. The molecule has 1 amide bonds. The maximum Gasteiger partial charge on any atom is 0.273 e. The molecule has 0 radical (unpaired) electrons. The second-order valence-electron chi connectivity index (χ2n) is 7.11. The minimum Gasteiger partial charge on any atom is -0.493 e. The fraction of sp³-hybridized carbons (Fsp3) is 0.318. The minimum atomic E-state index is -0.268. The van der Waals surface area contributed by atoms with E-state index in [4.69, 9.17) is 25.8 Å². The summed E-state index contributed by atoms with van der Waals surface area (Å²) >= 11 is 5.95. The number of carbonyl (C=O) groups excluding carboxylic acids is 1. The maximum atomic E-state index is 12.6. The Hall–Kier alpha value is -3.10. The van der Waals surface area contributed by atoms with E-state index in [1.165, 1.54) is 0 Å². The molecular formula is C22H23ClN4O4. The Balaban J connectivity index is 1.36. The van der Waals surface area contributed by atoms with Crippen molar-refractivity contribution in [2.45, 2.75) is 25.7 Å². The summed E-state index contributed by atoms with van der Waals surface area (Å²) in [4.78, 5) is 12.6. The number of fused-ring (bicyclic) bond motifs is 1. The largest absolute Gasteiger partial charge is 0.493 e. The van der Waals surface area contributed by atoms with E-state index in [1.807, 2.05) is 42.5 Å². The van der Waals surface area contributed by atoms with Gasteiger partial charge in [0.05, 0.1) is 33.1 Å². The fourth-order valence-electron chi connectivity index (χ4n) is 3.51. The van der Waals surface area contributed by atoms with Crippen LogP contribution >= 0.6 is 11.6 Å². The number of methoxy groups -OCH3 is 2. The van der Waals surface area contributed by atoms with Crippen LogP contribution in [0.15, 0.2) is 42.5 Å². The molecule has 2 aromatic carbocycles. The third-order valence-corrected chi connectivity index (χ3v) is 5.45. The van der Waals surface area contributed by atoms with Crippen LogP contribution in [0.5, 0.6) is 11.5 Å². The molecule has 0 spiro atoms. The number of ether oxygens (including phenoxy) is 3. The van der Waals surface area contributed by atoms with Crippen LogP contribution in [0, 0.1) is 0 Å². The number of nitrogens with one attached hydrogen (secondary N) is 1. The van der Waals surface area contributed by atoms with Crippen molar-refractivity contribution in [1.29, 1.82) is 0 Å². The smallest absolute Gasteiger partial charge is 0.273 e. The average molecular weight is 443 g/mol. The predicted octanol–water partition coefficient (Wildman–Crippen LogP) is 3.19. The van der Waals surface area contributed by atoms with Crippen LogP contribution in [-0.4, -0.2) is 41.7 Å². The summed E-state index contributed by atoms with van der Waals surface area (Å²) in [5.74, 6) is 1.06. The number of aromatic nitrogens is 3. The van der Waals surface area contributed by atoms with Gasteiger partial charge in [-0.3, -0.25) is 4.79 Å². The lowest BCUT2D eigenvalue weighted by molar-refractivity contribution is -0.00176. The molecule has 162 valence electrons. The standard InChI is InChI=1S/C22H23ClN4O4/c1-29-18-8-3-14(11-19(18)30-2)9-10-24-22(28)21-17-13-31-20(12-27(17)26-25-21)15-4-6-16(23)7-5-15/h3-8,11,20H,9-10,12-13H2,1-2H3,(H,24,28). The highest BCUT2D eigenvalue weighted by atomic mass is 35.5. The molecule has 0 saturated heterocycles. The van der Waals surface area contributed by atoms with E-state index >= 15 is 0 Å². The summed E-state index contributed by atoms with van der Waals surface area (Å²) in [6.45, 7) is 1.20. The predicted molar refractivity (Wildman–Crippen MR) is 115 cm³/mol. The van der Waals surface area contributed by atoms with Crippen molar-refractivity contribution in [2.24, 2.45) is 0 Å². The first-order valence-corrected chi connectivity index (χ1v) is 10.3. The summed E-state index contributed by atoms with van der Waals surface area (Å²) in [6.07, 6.45) is 0.484. The fourth-order valence-corrected chi connectivity index (χ4v) is 3.63. The zero-order chi connectivity index (χ0) is 21.8. The molecule has 1 aliphatic rings. The number of rotatable bonds is 7. The molecule has 2 heterocycles. The second kappa shape index (κ2) is 9.36. The molecule has 4 rings (SSSR count). The molecule has 1 N–H and O–H groups in total. The van der Waals surface area contributed by atoms with Gasteiger partial charge in [0.2, 0.25) is 0 Å². The van der Waals surface area contributed by atoms with Gasteiger partial charge in [-0.05, 0) is 41.8 Å². The molecule has 31 heavy (non-hydrogen) atoms. The molecule has 1 unspecified atom stereocenters. The van der Waals surface area contributed by atoms with Gasteiger partial charge in [0.1, 0.15) is 6.10 Å². The van der Waals surface area contributed by atoms with Crippen LogP contribution in [0.25, 0.3) is 0 Å². The number of hydrogen-bond donors (Lipinski definition) is 1. The Labute approximate surface area is 185 Å². The molecular weight excluding hydrogens is 420 g/mol. The highest BCUT2D eigenvalue weighted by Gasteiger charge is 2.27. The van der Waals surface area contributed by atoms with E-state index in [-0.39, 0.29) is 18.6 Å². The molecule has 0 bridgehead atoms. The Morgan fingerprint density at radius 1 is 1.19 bits per heavy atom. The van der Waals surface area contributed by atoms with Gasteiger partial charge >= 0.3 is 0 Å². The lowest BCUT2D eigenvalue weighted by atomic mass is 10.1. The van der Waals surface area contributed by atoms with Crippen LogP contribution in [0.1, 0.15) is 33.4 Å². The van der Waals surface area contributed by atoms with E-state index < -0.39 is 0 Å². The number of halogens is 1. The third-order valence-electron chi connectivity index (χ3n) is 5.20. The molecule has 0 fully saturated rings. The quantitative estimate of drug-likeness (QED) is 0.604. The van der Waals surface area contributed by atoms with Gasteiger partial charge in [-0.15, -0.1) is 5.10 Å². The molecule has 1 atom stereocenters. The van der Waals surface area contributed by atoms with Crippen LogP contribution in [-0.2, 0) is 24.3 Å². The van der Waals surface area contributed by atoms with Crippen molar-refractivity contribution in [3.05, 3.63) is 70.0 Å². The second-order valence-corrected chi connectivity index (χ2v) is 7.55. The summed E-state index contributed by atoms with van der Waals surface area (Å²) in [6, 6.07) is 13.2. The third kappa shape index (κ3) is 4.65. The molecule has 8 nitrogen and oxygen atoms in total. The Bertz CT molecular complexity index is 1070. The van der Waals surface area contributed by atoms with Crippen molar-refractivity contribution >= 4 is 17.5 Å². The van der Waals surface area contributed by atoms with Crippen LogP contribution in [0.4, 0.5) is 0 Å². The van der Waals surface area contributed by atoms with Gasteiger partial charge in [0, 0.05) is 11.6 Å². The van der Waals surface area contributed by atoms with E-state index in [0.717, 1.165) is 11.1 Å². The summed E-state index contributed by atoms with van der Waals surface area (Å²) in [5, 5.41) is 11.8. The average Bonchev–Trinajstić information content (AvgIpc) is 3.22. The highest BCUT2D eigenvalue weighted by Crippen LogP contribution is 2.28. The number of benzene rings is 2. The Kier molecular flexibility index (Phi) is 6.39. The lowest BCUT2D eigenvalue weighted by Crippen LogP contribution is -2.29. The normalized spacial score (nSPS) is 15.3. The molecule has 0 saturated carbocycles. The molecule has 0 aliphatic carbocycles. The van der Waals surface area contributed by atoms with Crippen LogP contribution < -0.4 is 14.8 Å². The van der Waals surface area contributed by atoms with Gasteiger partial charge in [0.15, 0.2) is 17.2 Å². The van der Waals surface area contributed by atoms with Crippen molar-refractivity contribution < 1.29 is 19.0 Å². The summed E-state index contributed by atoms with van der Waals surface area (Å²) < 4.78 is 18.2. The van der Waals surface area contributed by atoms with E-state index in [0.29, 0.717) is 47.4 Å². The number of hydrogen-bond acceptors (Lipinski definition) is 6. The van der Waals surface area contributed by atoms with E-state index in [9.17, 15) is 4.79 Å². The molecule has 9 heteroatoms. The first-order chi connectivity index (χ1) is 15.1. The SMILES string of the molecule is COc1ccc(CCNC(=O)c2nnn3c2COC(c2ccc(Cl)cc2)C3)cc1OC. The van der Waals surface area contributed by atoms with Gasteiger partial charge in [-0.2, -0.15) is 0 Å². The zero-order valence-corrected chi connectivity index (χ0v) is 18.1. The number of carbonyl (C=O) groups is 1. The van der Waals surface area contributed by atoms with Gasteiger partial charge in [0.25, 0.3) is 5.91 Å². The minimum absolute atomic E-state index is 0.160. The van der Waals surface area contributed by atoms with Crippen molar-refractivity contribution in [3.63, 3.8) is 0 Å². The first kappa shape index (κ1) is 21.1. The van der Waals surface area contributed by atoms with Crippen molar-refractivity contribution in [1.82, 2.24) is 20.3 Å². The summed E-state index contributed by atoms with van der Waals surface area (Å²) in [5.41, 5.74) is 3.00. The zero-order valence-electron chi connectivity index (χ0n) is 17.3. The van der Waals surface area contributed by atoms with Crippen molar-refractivity contribution in [3.8, 4) is 11.5 Å².